The minimum Gasteiger partial charge on any atom is -0.376 e. The molecule has 25 heavy (non-hydrogen) atoms. The normalized spacial score (nSPS) is 16.6. The first kappa shape index (κ1) is 17.6. The van der Waals surface area contributed by atoms with Crippen LogP contribution in [0.4, 0.5) is 5.82 Å². The van der Waals surface area contributed by atoms with Crippen LogP contribution >= 0.6 is 15.9 Å². The van der Waals surface area contributed by atoms with Crippen molar-refractivity contribution in [3.05, 3.63) is 46.6 Å². The molecule has 1 aromatic carbocycles. The predicted molar refractivity (Wildman–Crippen MR) is 94.2 cm³/mol. The zero-order valence-corrected chi connectivity index (χ0v) is 15.1. The summed E-state index contributed by atoms with van der Waals surface area (Å²) in [5.41, 5.74) is 0.524. The number of amides is 2. The molecule has 1 unspecified atom stereocenters. The number of ether oxygens (including phenoxy) is 1. The molecule has 0 radical (unpaired) electrons. The summed E-state index contributed by atoms with van der Waals surface area (Å²) in [5, 5.41) is 6.25. The first-order chi connectivity index (χ1) is 12.1. The van der Waals surface area contributed by atoms with Crippen molar-refractivity contribution < 1.29 is 18.8 Å². The highest BCUT2D eigenvalue weighted by molar-refractivity contribution is 9.10. The topological polar surface area (TPSA) is 84.7 Å². The number of halogens is 1. The van der Waals surface area contributed by atoms with E-state index in [1.54, 1.807) is 30.3 Å². The second-order valence-corrected chi connectivity index (χ2v) is 6.68. The van der Waals surface area contributed by atoms with Gasteiger partial charge in [-0.2, -0.15) is 0 Å². The van der Waals surface area contributed by atoms with Crippen molar-refractivity contribution >= 4 is 33.6 Å². The number of carbonyl (C=O) groups is 2. The maximum absolute atomic E-state index is 12.8. The molecule has 2 amide bonds. The molecule has 0 saturated carbocycles. The second-order valence-electron chi connectivity index (χ2n) is 5.76. The van der Waals surface area contributed by atoms with Gasteiger partial charge in [-0.05, 0) is 37.1 Å². The zero-order valence-electron chi connectivity index (χ0n) is 13.5. The van der Waals surface area contributed by atoms with Crippen LogP contribution in [0.2, 0.25) is 0 Å². The van der Waals surface area contributed by atoms with Gasteiger partial charge in [0.25, 0.3) is 5.91 Å². The van der Waals surface area contributed by atoms with Crippen LogP contribution in [0, 0.1) is 0 Å². The lowest BCUT2D eigenvalue weighted by Crippen LogP contribution is -2.42. The van der Waals surface area contributed by atoms with E-state index in [4.69, 9.17) is 4.74 Å². The highest BCUT2D eigenvalue weighted by Gasteiger charge is 2.25. The van der Waals surface area contributed by atoms with Crippen LogP contribution in [-0.4, -0.2) is 47.7 Å². The number of nitrogens with one attached hydrogen (secondary N) is 1. The summed E-state index contributed by atoms with van der Waals surface area (Å²) in [5.74, 6) is -0.228. The van der Waals surface area contributed by atoms with Crippen molar-refractivity contribution in [2.24, 2.45) is 0 Å². The number of benzene rings is 1. The fourth-order valence-electron chi connectivity index (χ4n) is 2.66. The molecule has 3 rings (SSSR count). The number of carbonyl (C=O) groups excluding carboxylic acids is 2. The van der Waals surface area contributed by atoms with Crippen molar-refractivity contribution in [2.45, 2.75) is 18.9 Å². The van der Waals surface area contributed by atoms with Gasteiger partial charge in [0, 0.05) is 29.3 Å². The van der Waals surface area contributed by atoms with E-state index in [1.807, 2.05) is 0 Å². The molecule has 0 spiro atoms. The molecule has 1 aliphatic heterocycles. The van der Waals surface area contributed by atoms with E-state index in [0.29, 0.717) is 24.5 Å². The molecule has 7 nitrogen and oxygen atoms in total. The Kier molecular flexibility index (Phi) is 5.83. The van der Waals surface area contributed by atoms with Gasteiger partial charge in [0.05, 0.1) is 6.10 Å². The van der Waals surface area contributed by atoms with Gasteiger partial charge in [-0.1, -0.05) is 21.1 Å². The molecule has 1 N–H and O–H groups in total. The predicted octanol–water partition coefficient (Wildman–Crippen LogP) is 2.70. The van der Waals surface area contributed by atoms with Crippen LogP contribution in [0.3, 0.4) is 0 Å². The van der Waals surface area contributed by atoms with Gasteiger partial charge in [0.1, 0.15) is 12.8 Å². The molecular weight excluding hydrogens is 390 g/mol. The Labute approximate surface area is 153 Å². The summed E-state index contributed by atoms with van der Waals surface area (Å²) in [6, 6.07) is 8.59. The van der Waals surface area contributed by atoms with Crippen LogP contribution < -0.4 is 5.32 Å². The largest absolute Gasteiger partial charge is 0.376 e. The number of rotatable bonds is 6. The quantitative estimate of drug-likeness (QED) is 0.795. The minimum absolute atomic E-state index is 0.0424. The third kappa shape index (κ3) is 4.90. The highest BCUT2D eigenvalue weighted by Crippen LogP contribution is 2.17. The standard InChI is InChI=1S/C17H18BrN3O4/c18-13-5-3-12(4-6-13)17(23)21(10-14-2-1-8-24-14)11-16(22)19-15-7-9-25-20-15/h3-7,9,14H,1-2,8,10-11H2,(H,19,20,22). The number of aromatic nitrogens is 1. The Morgan fingerprint density at radius 1 is 1.28 bits per heavy atom. The molecule has 0 aliphatic carbocycles. The van der Waals surface area contributed by atoms with Crippen LogP contribution in [0.25, 0.3) is 0 Å². The van der Waals surface area contributed by atoms with Crippen LogP contribution in [0.15, 0.2) is 45.6 Å². The molecule has 132 valence electrons. The summed E-state index contributed by atoms with van der Waals surface area (Å²) in [7, 11) is 0. The van der Waals surface area contributed by atoms with Crippen molar-refractivity contribution in [3.8, 4) is 0 Å². The Bertz CT molecular complexity index is 712. The molecule has 2 aromatic rings. The van der Waals surface area contributed by atoms with Crippen molar-refractivity contribution in [2.75, 3.05) is 25.0 Å². The van der Waals surface area contributed by atoms with Gasteiger partial charge >= 0.3 is 0 Å². The Morgan fingerprint density at radius 2 is 2.08 bits per heavy atom. The van der Waals surface area contributed by atoms with E-state index >= 15 is 0 Å². The van der Waals surface area contributed by atoms with E-state index in [1.165, 1.54) is 11.2 Å². The van der Waals surface area contributed by atoms with Crippen LogP contribution in [0.5, 0.6) is 0 Å². The van der Waals surface area contributed by atoms with Gasteiger partial charge in [-0.25, -0.2) is 0 Å². The van der Waals surface area contributed by atoms with Gasteiger partial charge in [0.2, 0.25) is 5.91 Å². The lowest BCUT2D eigenvalue weighted by atomic mass is 10.1. The molecule has 0 bridgehead atoms. The van der Waals surface area contributed by atoms with Gasteiger partial charge in [-0.3, -0.25) is 9.59 Å². The van der Waals surface area contributed by atoms with Gasteiger partial charge in [0.15, 0.2) is 5.82 Å². The van der Waals surface area contributed by atoms with Crippen LogP contribution in [0.1, 0.15) is 23.2 Å². The lowest BCUT2D eigenvalue weighted by Gasteiger charge is -2.25. The average Bonchev–Trinajstić information content (AvgIpc) is 3.28. The summed E-state index contributed by atoms with van der Waals surface area (Å²) < 4.78 is 11.2. The fraction of sp³-hybridized carbons (Fsp3) is 0.353. The third-order valence-corrected chi connectivity index (χ3v) is 4.39. The second kappa shape index (κ2) is 8.26. The zero-order chi connectivity index (χ0) is 17.6. The maximum atomic E-state index is 12.8. The Morgan fingerprint density at radius 3 is 2.72 bits per heavy atom. The molecular formula is C17H18BrN3O4. The van der Waals surface area contributed by atoms with E-state index in [9.17, 15) is 9.59 Å². The van der Waals surface area contributed by atoms with Crippen LogP contribution in [-0.2, 0) is 9.53 Å². The lowest BCUT2D eigenvalue weighted by molar-refractivity contribution is -0.117. The van der Waals surface area contributed by atoms with Crippen molar-refractivity contribution in [3.63, 3.8) is 0 Å². The van der Waals surface area contributed by atoms with Crippen molar-refractivity contribution in [1.29, 1.82) is 0 Å². The third-order valence-electron chi connectivity index (χ3n) is 3.87. The molecule has 1 aliphatic rings. The number of hydrogen-bond donors (Lipinski definition) is 1. The Hall–Kier alpha value is -2.19. The first-order valence-electron chi connectivity index (χ1n) is 7.98. The Balaban J connectivity index is 1.70. The molecule has 1 fully saturated rings. The molecule has 1 saturated heterocycles. The average molecular weight is 408 g/mol. The summed E-state index contributed by atoms with van der Waals surface area (Å²) in [4.78, 5) is 26.6. The van der Waals surface area contributed by atoms with E-state index in [-0.39, 0.29) is 24.5 Å². The van der Waals surface area contributed by atoms with Gasteiger partial charge < -0.3 is 19.5 Å². The minimum atomic E-state index is -0.336. The summed E-state index contributed by atoms with van der Waals surface area (Å²) >= 11 is 3.35. The maximum Gasteiger partial charge on any atom is 0.254 e. The van der Waals surface area contributed by atoms with E-state index in [2.05, 4.69) is 30.9 Å². The number of anilines is 1. The highest BCUT2D eigenvalue weighted by atomic mass is 79.9. The van der Waals surface area contributed by atoms with E-state index in [0.717, 1.165) is 17.3 Å². The molecule has 1 atom stereocenters. The molecule has 1 aromatic heterocycles. The summed E-state index contributed by atoms with van der Waals surface area (Å²) in [6.45, 7) is 0.985. The van der Waals surface area contributed by atoms with Gasteiger partial charge in [-0.15, -0.1) is 0 Å². The smallest absolute Gasteiger partial charge is 0.254 e. The summed E-state index contributed by atoms with van der Waals surface area (Å²) in [6.07, 6.45) is 3.18. The first-order valence-corrected chi connectivity index (χ1v) is 8.78. The molecule has 8 heteroatoms. The monoisotopic (exact) mass is 407 g/mol. The van der Waals surface area contributed by atoms with Crippen molar-refractivity contribution in [1.82, 2.24) is 10.1 Å². The fourth-order valence-corrected chi connectivity index (χ4v) is 2.93. The number of hydrogen-bond acceptors (Lipinski definition) is 5. The number of nitrogens with zero attached hydrogens (tertiary/aromatic N) is 2. The SMILES string of the molecule is O=C(CN(CC1CCCO1)C(=O)c1ccc(Br)cc1)Nc1ccon1. The van der Waals surface area contributed by atoms with E-state index < -0.39 is 0 Å². The molecule has 2 heterocycles.